The molecule has 94 valence electrons. The number of furan rings is 1. The SMILES string of the molecule is CC(C)C[C@@H](NC(=O)c1ccc(Br)o1)C(=O)O. The Morgan fingerprint density at radius 2 is 2.12 bits per heavy atom. The summed E-state index contributed by atoms with van der Waals surface area (Å²) in [5, 5.41) is 11.4. The molecule has 0 aliphatic carbocycles. The van der Waals surface area contributed by atoms with Crippen LogP contribution in [-0.2, 0) is 4.79 Å². The maximum atomic E-state index is 11.7. The number of rotatable bonds is 5. The molecule has 0 aliphatic rings. The number of carbonyl (C=O) groups excluding carboxylic acids is 1. The number of aliphatic carboxylic acids is 1. The lowest BCUT2D eigenvalue weighted by molar-refractivity contribution is -0.139. The molecule has 1 aromatic heterocycles. The van der Waals surface area contributed by atoms with E-state index in [4.69, 9.17) is 9.52 Å². The van der Waals surface area contributed by atoms with Gasteiger partial charge in [0.25, 0.3) is 5.91 Å². The second-order valence-corrected chi connectivity index (χ2v) is 4.88. The van der Waals surface area contributed by atoms with E-state index in [2.05, 4.69) is 21.2 Å². The normalized spacial score (nSPS) is 12.5. The van der Waals surface area contributed by atoms with Gasteiger partial charge < -0.3 is 14.8 Å². The highest BCUT2D eigenvalue weighted by Gasteiger charge is 2.22. The van der Waals surface area contributed by atoms with Crippen molar-refractivity contribution in [2.75, 3.05) is 0 Å². The van der Waals surface area contributed by atoms with Gasteiger partial charge in [-0.3, -0.25) is 4.79 Å². The average Bonchev–Trinajstić information content (AvgIpc) is 2.63. The Morgan fingerprint density at radius 1 is 1.47 bits per heavy atom. The second kappa shape index (κ2) is 5.86. The molecule has 1 aromatic rings. The lowest BCUT2D eigenvalue weighted by atomic mass is 10.0. The van der Waals surface area contributed by atoms with E-state index in [1.165, 1.54) is 6.07 Å². The molecule has 0 bridgehead atoms. The fourth-order valence-corrected chi connectivity index (χ4v) is 1.67. The van der Waals surface area contributed by atoms with Crippen molar-refractivity contribution in [3.05, 3.63) is 22.6 Å². The Morgan fingerprint density at radius 3 is 2.53 bits per heavy atom. The molecule has 0 unspecified atom stereocenters. The Hall–Kier alpha value is -1.30. The minimum absolute atomic E-state index is 0.0897. The first-order valence-corrected chi connectivity index (χ1v) is 5.98. The Labute approximate surface area is 107 Å². The van der Waals surface area contributed by atoms with Gasteiger partial charge in [0.2, 0.25) is 0 Å². The zero-order valence-electron chi connectivity index (χ0n) is 9.57. The first-order valence-electron chi connectivity index (χ1n) is 5.19. The molecule has 0 radical (unpaired) electrons. The van der Waals surface area contributed by atoms with Crippen LogP contribution in [0.4, 0.5) is 0 Å². The molecule has 1 heterocycles. The number of carboxylic acid groups (broad SMARTS) is 1. The van der Waals surface area contributed by atoms with E-state index in [0.717, 1.165) is 0 Å². The fourth-order valence-electron chi connectivity index (χ4n) is 1.36. The van der Waals surface area contributed by atoms with E-state index in [0.29, 0.717) is 11.1 Å². The number of carbonyl (C=O) groups is 2. The van der Waals surface area contributed by atoms with Crippen molar-refractivity contribution in [2.45, 2.75) is 26.3 Å². The van der Waals surface area contributed by atoms with Crippen molar-refractivity contribution < 1.29 is 19.1 Å². The summed E-state index contributed by atoms with van der Waals surface area (Å²) >= 11 is 3.07. The smallest absolute Gasteiger partial charge is 0.326 e. The number of nitrogens with one attached hydrogen (secondary N) is 1. The van der Waals surface area contributed by atoms with Crippen LogP contribution < -0.4 is 5.32 Å². The summed E-state index contributed by atoms with van der Waals surface area (Å²) in [7, 11) is 0. The highest BCUT2D eigenvalue weighted by molar-refractivity contribution is 9.10. The summed E-state index contributed by atoms with van der Waals surface area (Å²) in [6.07, 6.45) is 0.378. The van der Waals surface area contributed by atoms with Gasteiger partial charge in [-0.25, -0.2) is 4.79 Å². The molecule has 1 amide bonds. The highest BCUT2D eigenvalue weighted by atomic mass is 79.9. The van der Waals surface area contributed by atoms with Crippen LogP contribution in [0.1, 0.15) is 30.8 Å². The van der Waals surface area contributed by atoms with E-state index >= 15 is 0 Å². The quantitative estimate of drug-likeness (QED) is 0.874. The zero-order chi connectivity index (χ0) is 13.0. The van der Waals surface area contributed by atoms with E-state index < -0.39 is 17.9 Å². The maximum absolute atomic E-state index is 11.7. The summed E-state index contributed by atoms with van der Waals surface area (Å²) < 4.78 is 5.47. The van der Waals surface area contributed by atoms with Crippen molar-refractivity contribution in [2.24, 2.45) is 5.92 Å². The van der Waals surface area contributed by atoms with Crippen LogP contribution in [0.2, 0.25) is 0 Å². The predicted octanol–water partition coefficient (Wildman–Crippen LogP) is 2.27. The van der Waals surface area contributed by atoms with Gasteiger partial charge in [0.05, 0.1) is 0 Å². The summed E-state index contributed by atoms with van der Waals surface area (Å²) in [5.74, 6) is -1.30. The first kappa shape index (κ1) is 13.8. The van der Waals surface area contributed by atoms with Crippen LogP contribution in [0, 0.1) is 5.92 Å². The fraction of sp³-hybridized carbons (Fsp3) is 0.455. The molecule has 2 N–H and O–H groups in total. The number of hydrogen-bond acceptors (Lipinski definition) is 3. The standard InChI is InChI=1S/C11H14BrNO4/c1-6(2)5-7(11(15)16)13-10(14)8-3-4-9(12)17-8/h3-4,6-7H,5H2,1-2H3,(H,13,14)(H,15,16)/t7-/m1/s1. The van der Waals surface area contributed by atoms with Gasteiger partial charge in [0.15, 0.2) is 10.4 Å². The van der Waals surface area contributed by atoms with Crippen molar-refractivity contribution in [3.63, 3.8) is 0 Å². The van der Waals surface area contributed by atoms with E-state index in [1.54, 1.807) is 6.07 Å². The van der Waals surface area contributed by atoms with Crippen LogP contribution in [0.25, 0.3) is 0 Å². The van der Waals surface area contributed by atoms with Crippen LogP contribution >= 0.6 is 15.9 Å². The molecule has 5 nitrogen and oxygen atoms in total. The Balaban J connectivity index is 2.67. The van der Waals surface area contributed by atoms with Crippen LogP contribution in [0.3, 0.4) is 0 Å². The topological polar surface area (TPSA) is 79.5 Å². The van der Waals surface area contributed by atoms with Gasteiger partial charge in [0.1, 0.15) is 6.04 Å². The largest absolute Gasteiger partial charge is 0.480 e. The number of carboxylic acids is 1. The van der Waals surface area contributed by atoms with Gasteiger partial charge in [-0.1, -0.05) is 13.8 Å². The van der Waals surface area contributed by atoms with E-state index in [1.807, 2.05) is 13.8 Å². The van der Waals surface area contributed by atoms with Gasteiger partial charge in [0, 0.05) is 0 Å². The minimum Gasteiger partial charge on any atom is -0.480 e. The van der Waals surface area contributed by atoms with Gasteiger partial charge in [-0.15, -0.1) is 0 Å². The van der Waals surface area contributed by atoms with E-state index in [9.17, 15) is 9.59 Å². The first-order chi connectivity index (χ1) is 7.90. The number of amides is 1. The zero-order valence-corrected chi connectivity index (χ0v) is 11.2. The van der Waals surface area contributed by atoms with Gasteiger partial charge >= 0.3 is 5.97 Å². The summed E-state index contributed by atoms with van der Waals surface area (Å²) in [6, 6.07) is 2.16. The maximum Gasteiger partial charge on any atom is 0.326 e. The summed E-state index contributed by atoms with van der Waals surface area (Å²) in [5.41, 5.74) is 0. The minimum atomic E-state index is -1.04. The van der Waals surface area contributed by atoms with Crippen molar-refractivity contribution in [3.8, 4) is 0 Å². The number of halogens is 1. The van der Waals surface area contributed by atoms with Crippen LogP contribution in [-0.4, -0.2) is 23.0 Å². The predicted molar refractivity (Wildman–Crippen MR) is 64.8 cm³/mol. The molecule has 6 heteroatoms. The molecule has 0 saturated carbocycles. The molecule has 0 fully saturated rings. The molecule has 0 saturated heterocycles. The van der Waals surface area contributed by atoms with Crippen LogP contribution in [0.5, 0.6) is 0 Å². The van der Waals surface area contributed by atoms with E-state index in [-0.39, 0.29) is 11.7 Å². The van der Waals surface area contributed by atoms with Crippen molar-refractivity contribution >= 4 is 27.8 Å². The molecule has 0 aromatic carbocycles. The third-order valence-corrected chi connectivity index (χ3v) is 2.53. The third-order valence-electron chi connectivity index (χ3n) is 2.11. The number of hydrogen-bond donors (Lipinski definition) is 2. The van der Waals surface area contributed by atoms with Crippen molar-refractivity contribution in [1.82, 2.24) is 5.32 Å². The Kier molecular flexibility index (Phi) is 4.74. The average molecular weight is 304 g/mol. The lowest BCUT2D eigenvalue weighted by Gasteiger charge is -2.15. The molecular weight excluding hydrogens is 290 g/mol. The Bertz CT molecular complexity index is 413. The molecular formula is C11H14BrNO4. The molecule has 17 heavy (non-hydrogen) atoms. The van der Waals surface area contributed by atoms with Gasteiger partial charge in [-0.2, -0.15) is 0 Å². The lowest BCUT2D eigenvalue weighted by Crippen LogP contribution is -2.41. The van der Waals surface area contributed by atoms with Crippen molar-refractivity contribution in [1.29, 1.82) is 0 Å². The summed E-state index contributed by atoms with van der Waals surface area (Å²) in [6.45, 7) is 3.79. The third kappa shape index (κ3) is 4.22. The molecule has 1 atom stereocenters. The van der Waals surface area contributed by atoms with Gasteiger partial charge in [-0.05, 0) is 40.4 Å². The van der Waals surface area contributed by atoms with Crippen LogP contribution in [0.15, 0.2) is 21.2 Å². The highest BCUT2D eigenvalue weighted by Crippen LogP contribution is 2.14. The summed E-state index contributed by atoms with van der Waals surface area (Å²) in [4.78, 5) is 22.6. The monoisotopic (exact) mass is 303 g/mol. The molecule has 1 rings (SSSR count). The molecule has 0 aliphatic heterocycles. The second-order valence-electron chi connectivity index (χ2n) is 4.10. The molecule has 0 spiro atoms.